The van der Waals surface area contributed by atoms with Gasteiger partial charge >= 0.3 is 0 Å². The Morgan fingerprint density at radius 2 is 2.06 bits per heavy atom. The fourth-order valence-corrected chi connectivity index (χ4v) is 3.98. The van der Waals surface area contributed by atoms with E-state index >= 15 is 0 Å². The molecule has 1 N–H and O–H groups in total. The Morgan fingerprint density at radius 3 is 2.67 bits per heavy atom. The number of hydrogen-bond donors (Lipinski definition) is 1. The second-order valence-corrected chi connectivity index (χ2v) is 7.69. The van der Waals surface area contributed by atoms with Crippen LogP contribution in [0.25, 0.3) is 0 Å². The highest BCUT2D eigenvalue weighted by atomic mass is 32.2. The molecule has 1 saturated heterocycles. The van der Waals surface area contributed by atoms with Gasteiger partial charge < -0.3 is 0 Å². The van der Waals surface area contributed by atoms with Gasteiger partial charge in [0.1, 0.15) is 4.90 Å². The van der Waals surface area contributed by atoms with Crippen molar-refractivity contribution in [1.29, 1.82) is 0 Å². The number of nitrogens with zero attached hydrogens (tertiary/aromatic N) is 2. The Kier molecular flexibility index (Phi) is 3.51. The van der Waals surface area contributed by atoms with Crippen LogP contribution in [0.15, 0.2) is 11.1 Å². The molecule has 2 rings (SSSR count). The van der Waals surface area contributed by atoms with Crippen LogP contribution in [0.2, 0.25) is 0 Å². The zero-order valence-electron chi connectivity index (χ0n) is 11.2. The minimum atomic E-state index is -3.38. The van der Waals surface area contributed by atoms with E-state index in [1.165, 1.54) is 6.20 Å². The fourth-order valence-electron chi connectivity index (χ4n) is 2.38. The highest BCUT2D eigenvalue weighted by molar-refractivity contribution is 7.89. The van der Waals surface area contributed by atoms with Crippen LogP contribution < -0.4 is 0 Å². The summed E-state index contributed by atoms with van der Waals surface area (Å²) in [5, 5.41) is 6.49. The van der Waals surface area contributed by atoms with Gasteiger partial charge in [0, 0.05) is 13.1 Å². The van der Waals surface area contributed by atoms with Gasteiger partial charge in [0.15, 0.2) is 0 Å². The van der Waals surface area contributed by atoms with Crippen molar-refractivity contribution in [3.8, 4) is 0 Å². The minimum absolute atomic E-state index is 0.232. The molecule has 1 fully saturated rings. The first kappa shape index (κ1) is 13.5. The normalized spacial score (nSPS) is 21.7. The van der Waals surface area contributed by atoms with E-state index < -0.39 is 10.0 Å². The molecule has 18 heavy (non-hydrogen) atoms. The Bertz CT molecular complexity index is 519. The molecule has 0 bridgehead atoms. The molecule has 6 heteroatoms. The molecule has 0 unspecified atom stereocenters. The number of aryl methyl sites for hydroxylation is 1. The van der Waals surface area contributed by atoms with Gasteiger partial charge in [-0.1, -0.05) is 13.8 Å². The van der Waals surface area contributed by atoms with Crippen LogP contribution in [-0.4, -0.2) is 36.0 Å². The zero-order valence-corrected chi connectivity index (χ0v) is 12.0. The lowest BCUT2D eigenvalue weighted by Gasteiger charge is -2.22. The highest BCUT2D eigenvalue weighted by Crippen LogP contribution is 2.32. The van der Waals surface area contributed by atoms with Crippen LogP contribution in [-0.2, 0) is 10.0 Å². The molecule has 1 aliphatic heterocycles. The van der Waals surface area contributed by atoms with E-state index in [-0.39, 0.29) is 5.41 Å². The summed E-state index contributed by atoms with van der Waals surface area (Å²) < 4.78 is 26.6. The van der Waals surface area contributed by atoms with Crippen molar-refractivity contribution in [2.45, 2.75) is 44.9 Å². The lowest BCUT2D eigenvalue weighted by Crippen LogP contribution is -2.32. The summed E-state index contributed by atoms with van der Waals surface area (Å²) in [6, 6.07) is 0. The van der Waals surface area contributed by atoms with E-state index in [0.717, 1.165) is 19.3 Å². The maximum absolute atomic E-state index is 12.5. The molecule has 1 aliphatic rings. The van der Waals surface area contributed by atoms with Crippen LogP contribution >= 0.6 is 0 Å². The first-order valence-corrected chi connectivity index (χ1v) is 7.77. The van der Waals surface area contributed by atoms with Crippen molar-refractivity contribution in [2.24, 2.45) is 5.41 Å². The Morgan fingerprint density at radius 1 is 1.33 bits per heavy atom. The number of aromatic nitrogens is 2. The zero-order chi connectivity index (χ0) is 13.4. The van der Waals surface area contributed by atoms with Crippen molar-refractivity contribution < 1.29 is 8.42 Å². The average Bonchev–Trinajstić information content (AvgIpc) is 2.60. The van der Waals surface area contributed by atoms with Gasteiger partial charge in [0.2, 0.25) is 10.0 Å². The molecular formula is C12H21N3O2S. The predicted octanol–water partition coefficient (Wildman–Crippen LogP) is 1.92. The lowest BCUT2D eigenvalue weighted by atomic mass is 9.85. The van der Waals surface area contributed by atoms with Gasteiger partial charge in [-0.25, -0.2) is 8.42 Å². The number of aromatic amines is 1. The van der Waals surface area contributed by atoms with Crippen molar-refractivity contribution in [2.75, 3.05) is 13.1 Å². The maximum atomic E-state index is 12.5. The van der Waals surface area contributed by atoms with Gasteiger partial charge in [-0.2, -0.15) is 9.40 Å². The SMILES string of the molecule is Cc1[nH]ncc1S(=O)(=O)N1CCCC(C)(C)CC1. The molecule has 0 aliphatic carbocycles. The standard InChI is InChI=1S/C12H21N3O2S/c1-10-11(9-13-14-10)18(16,17)15-7-4-5-12(2,3)6-8-15/h9H,4-8H2,1-3H3,(H,13,14). The summed E-state index contributed by atoms with van der Waals surface area (Å²) in [5.41, 5.74) is 0.842. The fraction of sp³-hybridized carbons (Fsp3) is 0.750. The van der Waals surface area contributed by atoms with Gasteiger partial charge in [-0.15, -0.1) is 0 Å². The third kappa shape index (κ3) is 2.59. The second-order valence-electron chi connectivity index (χ2n) is 5.78. The maximum Gasteiger partial charge on any atom is 0.246 e. The first-order valence-electron chi connectivity index (χ1n) is 6.33. The summed E-state index contributed by atoms with van der Waals surface area (Å²) in [5.74, 6) is 0. The van der Waals surface area contributed by atoms with Crippen LogP contribution in [0, 0.1) is 12.3 Å². The smallest absolute Gasteiger partial charge is 0.246 e. The number of H-pyrrole nitrogens is 1. The van der Waals surface area contributed by atoms with E-state index in [0.29, 0.717) is 23.7 Å². The van der Waals surface area contributed by atoms with Gasteiger partial charge in [-0.3, -0.25) is 5.10 Å². The van der Waals surface area contributed by atoms with E-state index in [9.17, 15) is 8.42 Å². The Balaban J connectivity index is 2.24. The summed E-state index contributed by atoms with van der Waals surface area (Å²) >= 11 is 0. The molecule has 0 radical (unpaired) electrons. The largest absolute Gasteiger partial charge is 0.281 e. The summed E-state index contributed by atoms with van der Waals surface area (Å²) in [6.45, 7) is 7.34. The molecular weight excluding hydrogens is 250 g/mol. The van der Waals surface area contributed by atoms with E-state index in [2.05, 4.69) is 24.0 Å². The third-order valence-electron chi connectivity index (χ3n) is 3.70. The average molecular weight is 271 g/mol. The van der Waals surface area contributed by atoms with Crippen LogP contribution in [0.5, 0.6) is 0 Å². The highest BCUT2D eigenvalue weighted by Gasteiger charge is 2.31. The molecule has 1 aromatic heterocycles. The lowest BCUT2D eigenvalue weighted by molar-refractivity contribution is 0.315. The Labute approximate surface area is 109 Å². The number of rotatable bonds is 2. The van der Waals surface area contributed by atoms with E-state index in [4.69, 9.17) is 0 Å². The summed E-state index contributed by atoms with van der Waals surface area (Å²) in [7, 11) is -3.38. The number of sulfonamides is 1. The molecule has 102 valence electrons. The molecule has 0 spiro atoms. The molecule has 2 heterocycles. The number of nitrogens with one attached hydrogen (secondary N) is 1. The van der Waals surface area contributed by atoms with Crippen molar-refractivity contribution in [1.82, 2.24) is 14.5 Å². The topological polar surface area (TPSA) is 66.1 Å². The molecule has 0 aromatic carbocycles. The van der Waals surface area contributed by atoms with E-state index in [1.54, 1.807) is 11.2 Å². The van der Waals surface area contributed by atoms with E-state index in [1.807, 2.05) is 0 Å². The molecule has 1 aromatic rings. The van der Waals surface area contributed by atoms with Crippen LogP contribution in [0.1, 0.15) is 38.8 Å². The monoisotopic (exact) mass is 271 g/mol. The third-order valence-corrected chi connectivity index (χ3v) is 5.71. The molecule has 0 amide bonds. The van der Waals surface area contributed by atoms with Crippen LogP contribution in [0.3, 0.4) is 0 Å². The predicted molar refractivity (Wildman–Crippen MR) is 69.7 cm³/mol. The summed E-state index contributed by atoms with van der Waals surface area (Å²) in [6.07, 6.45) is 4.30. The van der Waals surface area contributed by atoms with Crippen molar-refractivity contribution in [3.05, 3.63) is 11.9 Å². The minimum Gasteiger partial charge on any atom is -0.281 e. The van der Waals surface area contributed by atoms with Crippen molar-refractivity contribution in [3.63, 3.8) is 0 Å². The first-order chi connectivity index (χ1) is 8.33. The molecule has 0 atom stereocenters. The van der Waals surface area contributed by atoms with Gasteiger partial charge in [-0.05, 0) is 31.6 Å². The quantitative estimate of drug-likeness (QED) is 0.893. The van der Waals surface area contributed by atoms with Crippen LogP contribution in [0.4, 0.5) is 0 Å². The van der Waals surface area contributed by atoms with Gasteiger partial charge in [0.05, 0.1) is 11.9 Å². The van der Waals surface area contributed by atoms with Gasteiger partial charge in [0.25, 0.3) is 0 Å². The summed E-state index contributed by atoms with van der Waals surface area (Å²) in [4.78, 5) is 0.308. The number of hydrogen-bond acceptors (Lipinski definition) is 3. The Hall–Kier alpha value is -0.880. The molecule has 5 nitrogen and oxygen atoms in total. The second kappa shape index (κ2) is 4.66. The van der Waals surface area contributed by atoms with Crippen molar-refractivity contribution >= 4 is 10.0 Å². The molecule has 0 saturated carbocycles.